The Labute approximate surface area is 145 Å². The lowest BCUT2D eigenvalue weighted by Crippen LogP contribution is -2.13. The van der Waals surface area contributed by atoms with Crippen LogP contribution in [0.25, 0.3) is 11.4 Å². The molecule has 0 atom stereocenters. The van der Waals surface area contributed by atoms with Gasteiger partial charge in [0.2, 0.25) is 0 Å². The van der Waals surface area contributed by atoms with Gasteiger partial charge in [-0.05, 0) is 48.5 Å². The minimum Gasteiger partial charge on any atom is -0.407 e. The van der Waals surface area contributed by atoms with Crippen molar-refractivity contribution >= 4 is 0 Å². The standard InChI is InChI=1S/C18H11F2N3O3/c19-12-3-8-16(15(20)11-12)25-17-21-23(18(24)26-17)14-6-4-13(5-7-14)22-9-1-2-10-22/h1-11H. The van der Waals surface area contributed by atoms with Crippen LogP contribution in [-0.4, -0.2) is 14.3 Å². The first-order valence-corrected chi connectivity index (χ1v) is 7.57. The number of hydrogen-bond acceptors (Lipinski definition) is 4. The molecular weight excluding hydrogens is 344 g/mol. The van der Waals surface area contributed by atoms with Crippen LogP contribution >= 0.6 is 0 Å². The number of nitrogens with zero attached hydrogens (tertiary/aromatic N) is 3. The molecule has 2 heterocycles. The van der Waals surface area contributed by atoms with E-state index in [1.165, 1.54) is 0 Å². The topological polar surface area (TPSA) is 62.2 Å². The summed E-state index contributed by atoms with van der Waals surface area (Å²) in [5, 5.41) is 3.88. The largest absolute Gasteiger partial charge is 0.444 e. The fraction of sp³-hybridized carbons (Fsp3) is 0. The lowest BCUT2D eigenvalue weighted by molar-refractivity contribution is 0.308. The summed E-state index contributed by atoms with van der Waals surface area (Å²) in [6, 6.07) is 13.5. The van der Waals surface area contributed by atoms with Crippen LogP contribution in [0.15, 0.2) is 76.2 Å². The summed E-state index contributed by atoms with van der Waals surface area (Å²) in [5.41, 5.74) is 1.35. The molecule has 0 amide bonds. The maximum atomic E-state index is 13.6. The maximum absolute atomic E-state index is 13.6. The number of hydrogen-bond donors (Lipinski definition) is 0. The third-order valence-electron chi connectivity index (χ3n) is 3.62. The smallest absolute Gasteiger partial charge is 0.407 e. The van der Waals surface area contributed by atoms with E-state index in [-0.39, 0.29) is 5.75 Å². The van der Waals surface area contributed by atoms with Gasteiger partial charge in [0.25, 0.3) is 0 Å². The van der Waals surface area contributed by atoms with Crippen molar-refractivity contribution in [1.82, 2.24) is 14.3 Å². The summed E-state index contributed by atoms with van der Waals surface area (Å²) in [7, 11) is 0. The summed E-state index contributed by atoms with van der Waals surface area (Å²) in [6.45, 7) is 0. The Balaban J connectivity index is 1.61. The van der Waals surface area contributed by atoms with Crippen LogP contribution in [0.2, 0.25) is 0 Å². The predicted molar refractivity (Wildman–Crippen MR) is 87.9 cm³/mol. The van der Waals surface area contributed by atoms with Crippen molar-refractivity contribution in [3.05, 3.63) is 89.2 Å². The first kappa shape index (κ1) is 15.8. The first-order valence-electron chi connectivity index (χ1n) is 7.57. The van der Waals surface area contributed by atoms with Crippen LogP contribution in [0.1, 0.15) is 0 Å². The van der Waals surface area contributed by atoms with Crippen molar-refractivity contribution in [1.29, 1.82) is 0 Å². The van der Waals surface area contributed by atoms with Crippen LogP contribution in [0, 0.1) is 11.6 Å². The zero-order valence-electron chi connectivity index (χ0n) is 13.2. The molecule has 0 aliphatic heterocycles. The first-order chi connectivity index (χ1) is 12.6. The molecule has 0 unspecified atom stereocenters. The molecule has 0 N–H and O–H groups in total. The molecule has 4 aromatic rings. The fourth-order valence-corrected chi connectivity index (χ4v) is 2.39. The number of halogens is 2. The lowest BCUT2D eigenvalue weighted by Gasteiger charge is -2.04. The second kappa shape index (κ2) is 6.32. The Morgan fingerprint density at radius 2 is 1.65 bits per heavy atom. The fourth-order valence-electron chi connectivity index (χ4n) is 2.39. The van der Waals surface area contributed by atoms with Gasteiger partial charge >= 0.3 is 11.8 Å². The van der Waals surface area contributed by atoms with Gasteiger partial charge in [0.05, 0.1) is 5.69 Å². The molecule has 0 saturated heterocycles. The molecule has 2 aromatic heterocycles. The number of ether oxygens (including phenoxy) is 1. The normalized spacial score (nSPS) is 10.8. The highest BCUT2D eigenvalue weighted by molar-refractivity contribution is 5.41. The maximum Gasteiger partial charge on any atom is 0.444 e. The van der Waals surface area contributed by atoms with Crippen molar-refractivity contribution in [2.45, 2.75) is 0 Å². The zero-order chi connectivity index (χ0) is 18.1. The minimum absolute atomic E-state index is 0.303. The highest BCUT2D eigenvalue weighted by Gasteiger charge is 2.14. The minimum atomic E-state index is -0.932. The molecule has 0 saturated carbocycles. The van der Waals surface area contributed by atoms with Crippen LogP contribution in [0.5, 0.6) is 11.8 Å². The van der Waals surface area contributed by atoms with E-state index in [9.17, 15) is 13.6 Å². The molecule has 0 radical (unpaired) electrons. The zero-order valence-corrected chi connectivity index (χ0v) is 13.2. The average Bonchev–Trinajstić information content (AvgIpc) is 3.28. The van der Waals surface area contributed by atoms with Crippen molar-refractivity contribution in [2.75, 3.05) is 0 Å². The molecule has 6 nitrogen and oxygen atoms in total. The van der Waals surface area contributed by atoms with Crippen molar-refractivity contribution in [2.24, 2.45) is 0 Å². The second-order valence-corrected chi connectivity index (χ2v) is 5.33. The van der Waals surface area contributed by atoms with Crippen molar-refractivity contribution in [3.8, 4) is 23.2 Å². The monoisotopic (exact) mass is 355 g/mol. The Bertz CT molecular complexity index is 1100. The third kappa shape index (κ3) is 3.00. The van der Waals surface area contributed by atoms with Gasteiger partial charge in [-0.1, -0.05) is 5.10 Å². The van der Waals surface area contributed by atoms with E-state index in [4.69, 9.17) is 9.15 Å². The second-order valence-electron chi connectivity index (χ2n) is 5.33. The predicted octanol–water partition coefficient (Wildman–Crippen LogP) is 3.69. The van der Waals surface area contributed by atoms with Crippen molar-refractivity contribution in [3.63, 3.8) is 0 Å². The molecule has 26 heavy (non-hydrogen) atoms. The molecule has 0 spiro atoms. The average molecular weight is 355 g/mol. The van der Waals surface area contributed by atoms with Crippen molar-refractivity contribution < 1.29 is 17.9 Å². The molecule has 2 aromatic carbocycles. The Hall–Kier alpha value is -3.68. The van der Waals surface area contributed by atoms with Crippen LogP contribution in [0.4, 0.5) is 8.78 Å². The van der Waals surface area contributed by atoms with Gasteiger partial charge in [0.15, 0.2) is 11.6 Å². The van der Waals surface area contributed by atoms with Crippen LogP contribution in [-0.2, 0) is 0 Å². The van der Waals surface area contributed by atoms with E-state index in [0.29, 0.717) is 11.8 Å². The summed E-state index contributed by atoms with van der Waals surface area (Å²) < 4.78 is 39.4. The molecule has 4 rings (SSSR count). The van der Waals surface area contributed by atoms with Gasteiger partial charge in [-0.25, -0.2) is 13.6 Å². The highest BCUT2D eigenvalue weighted by atomic mass is 19.1. The molecular formula is C18H11F2N3O3. The van der Waals surface area contributed by atoms with Crippen LogP contribution in [0.3, 0.4) is 0 Å². The Kier molecular flexibility index (Phi) is 3.85. The number of rotatable bonds is 4. The Morgan fingerprint density at radius 3 is 2.35 bits per heavy atom. The van der Waals surface area contributed by atoms with Gasteiger partial charge in [-0.2, -0.15) is 4.68 Å². The van der Waals surface area contributed by atoms with Gasteiger partial charge in [-0.3, -0.25) is 0 Å². The van der Waals surface area contributed by atoms with Gasteiger partial charge in [-0.15, -0.1) is 0 Å². The van der Waals surface area contributed by atoms with E-state index >= 15 is 0 Å². The van der Waals surface area contributed by atoms with E-state index in [0.717, 1.165) is 22.5 Å². The third-order valence-corrected chi connectivity index (χ3v) is 3.62. The number of benzene rings is 2. The Morgan fingerprint density at radius 1 is 0.962 bits per heavy atom. The molecule has 0 aliphatic carbocycles. The molecule has 0 bridgehead atoms. The van der Waals surface area contributed by atoms with E-state index in [1.54, 1.807) is 24.3 Å². The van der Waals surface area contributed by atoms with E-state index in [1.807, 2.05) is 29.1 Å². The van der Waals surface area contributed by atoms with E-state index < -0.39 is 23.5 Å². The lowest BCUT2D eigenvalue weighted by atomic mass is 10.3. The molecule has 130 valence electrons. The number of aromatic nitrogens is 3. The molecule has 0 aliphatic rings. The summed E-state index contributed by atoms with van der Waals surface area (Å²) >= 11 is 0. The SMILES string of the molecule is O=c1oc(Oc2ccc(F)cc2F)nn1-c1ccc(-n2cccc2)cc1. The summed E-state index contributed by atoms with van der Waals surface area (Å²) in [4.78, 5) is 12.0. The van der Waals surface area contributed by atoms with Gasteiger partial charge in [0, 0.05) is 24.1 Å². The van der Waals surface area contributed by atoms with Crippen LogP contribution < -0.4 is 10.5 Å². The molecule has 0 fully saturated rings. The van der Waals surface area contributed by atoms with Gasteiger partial charge in [0.1, 0.15) is 5.82 Å². The summed E-state index contributed by atoms with van der Waals surface area (Å²) in [5.74, 6) is -2.78. The highest BCUT2D eigenvalue weighted by Crippen LogP contribution is 2.23. The van der Waals surface area contributed by atoms with E-state index in [2.05, 4.69) is 5.10 Å². The quantitative estimate of drug-likeness (QED) is 0.560. The summed E-state index contributed by atoms with van der Waals surface area (Å²) in [6.07, 6.45) is 3.33. The van der Waals surface area contributed by atoms with Gasteiger partial charge < -0.3 is 13.7 Å². The molecule has 8 heteroatoms.